The molecule has 5 rings (SSSR count). The quantitative estimate of drug-likeness (QED) is 0.441. The fourth-order valence-corrected chi connectivity index (χ4v) is 4.95. The number of hydrogen-bond acceptors (Lipinski definition) is 6. The van der Waals surface area contributed by atoms with E-state index in [0.29, 0.717) is 5.92 Å². The summed E-state index contributed by atoms with van der Waals surface area (Å²) < 4.78 is 11.8. The Morgan fingerprint density at radius 1 is 1.06 bits per heavy atom. The Bertz CT molecular complexity index is 1100. The summed E-state index contributed by atoms with van der Waals surface area (Å²) in [6.07, 6.45) is 7.50. The van der Waals surface area contributed by atoms with Crippen LogP contribution in [0.2, 0.25) is 0 Å². The van der Waals surface area contributed by atoms with Gasteiger partial charge in [-0.05, 0) is 74.2 Å². The predicted molar refractivity (Wildman–Crippen MR) is 124 cm³/mol. The van der Waals surface area contributed by atoms with Gasteiger partial charge < -0.3 is 19.3 Å². The van der Waals surface area contributed by atoms with Crippen LogP contribution in [0.15, 0.2) is 58.4 Å². The SMILES string of the molecule is COCCN1CCC(c2cc(-c3ccncc3)c(-c3ccc4c(c3)CC/C4=N\O)o2)CC1. The number of fused-ring (bicyclic) bond motifs is 1. The van der Waals surface area contributed by atoms with Gasteiger partial charge in [-0.15, -0.1) is 0 Å². The van der Waals surface area contributed by atoms with Crippen LogP contribution in [0.25, 0.3) is 22.5 Å². The molecule has 3 heterocycles. The maximum Gasteiger partial charge on any atom is 0.142 e. The number of likely N-dealkylation sites (tertiary alicyclic amines) is 1. The summed E-state index contributed by atoms with van der Waals surface area (Å²) in [6, 6.07) is 12.6. The highest BCUT2D eigenvalue weighted by atomic mass is 16.5. The number of benzene rings is 1. The molecule has 1 aromatic carbocycles. The van der Waals surface area contributed by atoms with Crippen molar-refractivity contribution in [1.29, 1.82) is 0 Å². The molecule has 2 aromatic heterocycles. The van der Waals surface area contributed by atoms with Crippen molar-refractivity contribution < 1.29 is 14.4 Å². The molecule has 1 fully saturated rings. The van der Waals surface area contributed by atoms with E-state index in [-0.39, 0.29) is 0 Å². The molecule has 166 valence electrons. The minimum Gasteiger partial charge on any atom is -0.460 e. The standard InChI is InChI=1S/C26H29N3O3/c1-31-15-14-29-12-8-19(9-13-29)25-17-23(18-6-10-27-11-7-18)26(32-25)21-2-4-22-20(16-21)3-5-24(22)28-30/h2,4,6-7,10-11,16-17,19,30H,3,5,8-9,12-15H2,1H3/b28-24+. The van der Waals surface area contributed by atoms with E-state index in [1.54, 1.807) is 7.11 Å². The van der Waals surface area contributed by atoms with Gasteiger partial charge in [-0.25, -0.2) is 0 Å². The first-order valence-electron chi connectivity index (χ1n) is 11.4. The van der Waals surface area contributed by atoms with Crippen LogP contribution in [-0.2, 0) is 11.2 Å². The van der Waals surface area contributed by atoms with Crippen LogP contribution in [0.1, 0.15) is 42.1 Å². The van der Waals surface area contributed by atoms with E-state index < -0.39 is 0 Å². The number of ether oxygens (including phenoxy) is 1. The maximum atomic E-state index is 9.26. The van der Waals surface area contributed by atoms with Crippen LogP contribution in [0.5, 0.6) is 0 Å². The lowest BCUT2D eigenvalue weighted by Crippen LogP contribution is -2.35. The van der Waals surface area contributed by atoms with Crippen molar-refractivity contribution in [3.05, 3.63) is 65.7 Å². The van der Waals surface area contributed by atoms with E-state index in [1.165, 1.54) is 5.56 Å². The number of nitrogens with zero attached hydrogens (tertiary/aromatic N) is 3. The summed E-state index contributed by atoms with van der Waals surface area (Å²) in [5, 5.41) is 12.7. The molecule has 1 N–H and O–H groups in total. The van der Waals surface area contributed by atoms with Crippen molar-refractivity contribution in [2.75, 3.05) is 33.4 Å². The molecule has 0 spiro atoms. The Labute approximate surface area is 188 Å². The Balaban J connectivity index is 1.47. The van der Waals surface area contributed by atoms with Gasteiger partial charge in [-0.1, -0.05) is 17.3 Å². The van der Waals surface area contributed by atoms with Crippen molar-refractivity contribution in [3.8, 4) is 22.5 Å². The lowest BCUT2D eigenvalue weighted by atomic mass is 9.93. The van der Waals surface area contributed by atoms with Gasteiger partial charge in [-0.3, -0.25) is 4.98 Å². The molecule has 6 heteroatoms. The molecular weight excluding hydrogens is 402 g/mol. The van der Waals surface area contributed by atoms with Gasteiger partial charge in [0.15, 0.2) is 0 Å². The normalized spacial score (nSPS) is 18.3. The van der Waals surface area contributed by atoms with E-state index in [9.17, 15) is 5.21 Å². The van der Waals surface area contributed by atoms with Gasteiger partial charge in [0.1, 0.15) is 11.5 Å². The third-order valence-corrected chi connectivity index (χ3v) is 6.77. The highest BCUT2D eigenvalue weighted by molar-refractivity contribution is 6.04. The van der Waals surface area contributed by atoms with Crippen LogP contribution in [-0.4, -0.2) is 54.2 Å². The van der Waals surface area contributed by atoms with E-state index >= 15 is 0 Å². The van der Waals surface area contributed by atoms with Crippen LogP contribution >= 0.6 is 0 Å². The highest BCUT2D eigenvalue weighted by Gasteiger charge is 2.26. The van der Waals surface area contributed by atoms with Gasteiger partial charge in [0, 0.05) is 48.7 Å². The molecule has 2 aliphatic rings. The number of aromatic nitrogens is 1. The number of piperidine rings is 1. The van der Waals surface area contributed by atoms with Crippen molar-refractivity contribution in [3.63, 3.8) is 0 Å². The lowest BCUT2D eigenvalue weighted by molar-refractivity contribution is 0.128. The number of oxime groups is 1. The number of methoxy groups -OCH3 is 1. The van der Waals surface area contributed by atoms with Gasteiger partial charge >= 0.3 is 0 Å². The Morgan fingerprint density at radius 3 is 2.62 bits per heavy atom. The first kappa shape index (κ1) is 20.9. The maximum absolute atomic E-state index is 9.26. The summed E-state index contributed by atoms with van der Waals surface area (Å²) in [5.74, 6) is 2.40. The molecule has 0 amide bonds. The Kier molecular flexibility index (Phi) is 6.06. The average Bonchev–Trinajstić information content (AvgIpc) is 3.48. The van der Waals surface area contributed by atoms with Gasteiger partial charge in [-0.2, -0.15) is 0 Å². The second-order valence-corrected chi connectivity index (χ2v) is 8.65. The third kappa shape index (κ3) is 4.08. The van der Waals surface area contributed by atoms with Crippen molar-refractivity contribution in [1.82, 2.24) is 9.88 Å². The van der Waals surface area contributed by atoms with E-state index in [4.69, 9.17) is 9.15 Å². The van der Waals surface area contributed by atoms with E-state index in [0.717, 1.165) is 91.4 Å². The molecule has 3 aromatic rings. The van der Waals surface area contributed by atoms with Gasteiger partial charge in [0.2, 0.25) is 0 Å². The Hall–Kier alpha value is -2.96. The largest absolute Gasteiger partial charge is 0.460 e. The molecule has 1 saturated heterocycles. The molecule has 0 unspecified atom stereocenters. The minimum atomic E-state index is 0.422. The zero-order valence-corrected chi connectivity index (χ0v) is 18.5. The van der Waals surface area contributed by atoms with E-state index in [2.05, 4.69) is 39.3 Å². The smallest absolute Gasteiger partial charge is 0.142 e. The van der Waals surface area contributed by atoms with Crippen LogP contribution in [0.4, 0.5) is 0 Å². The average molecular weight is 432 g/mol. The van der Waals surface area contributed by atoms with Crippen LogP contribution < -0.4 is 0 Å². The first-order chi connectivity index (χ1) is 15.8. The van der Waals surface area contributed by atoms with Gasteiger partial charge in [0.05, 0.1) is 12.3 Å². The fraction of sp³-hybridized carbons (Fsp3) is 0.385. The topological polar surface area (TPSA) is 71.1 Å². The van der Waals surface area contributed by atoms with Crippen LogP contribution in [0, 0.1) is 0 Å². The number of rotatable bonds is 6. The molecule has 1 aliphatic heterocycles. The predicted octanol–water partition coefficient (Wildman–Crippen LogP) is 4.96. The molecule has 0 saturated carbocycles. The van der Waals surface area contributed by atoms with Crippen molar-refractivity contribution in [2.24, 2.45) is 5.16 Å². The lowest BCUT2D eigenvalue weighted by Gasteiger charge is -2.30. The van der Waals surface area contributed by atoms with E-state index in [1.807, 2.05) is 24.5 Å². The minimum absolute atomic E-state index is 0.422. The Morgan fingerprint density at radius 2 is 1.88 bits per heavy atom. The summed E-state index contributed by atoms with van der Waals surface area (Å²) in [4.78, 5) is 6.65. The molecule has 1 aliphatic carbocycles. The van der Waals surface area contributed by atoms with Crippen molar-refractivity contribution in [2.45, 2.75) is 31.6 Å². The third-order valence-electron chi connectivity index (χ3n) is 6.77. The highest BCUT2D eigenvalue weighted by Crippen LogP contribution is 2.41. The zero-order chi connectivity index (χ0) is 21.9. The van der Waals surface area contributed by atoms with Crippen molar-refractivity contribution >= 4 is 5.71 Å². The number of pyridine rings is 1. The summed E-state index contributed by atoms with van der Waals surface area (Å²) in [6.45, 7) is 3.90. The molecule has 32 heavy (non-hydrogen) atoms. The zero-order valence-electron chi connectivity index (χ0n) is 18.5. The number of furan rings is 1. The fourth-order valence-electron chi connectivity index (χ4n) is 4.95. The summed E-state index contributed by atoms with van der Waals surface area (Å²) in [5.41, 5.74) is 6.30. The molecular formula is C26H29N3O3. The molecule has 0 radical (unpaired) electrons. The second-order valence-electron chi connectivity index (χ2n) is 8.65. The number of hydrogen-bond donors (Lipinski definition) is 1. The molecule has 6 nitrogen and oxygen atoms in total. The molecule has 0 bridgehead atoms. The monoisotopic (exact) mass is 431 g/mol. The molecule has 0 atom stereocenters. The van der Waals surface area contributed by atoms with Crippen LogP contribution in [0.3, 0.4) is 0 Å². The van der Waals surface area contributed by atoms with Gasteiger partial charge in [0.25, 0.3) is 0 Å². The summed E-state index contributed by atoms with van der Waals surface area (Å²) in [7, 11) is 1.76. The second kappa shape index (κ2) is 9.27. The first-order valence-corrected chi connectivity index (χ1v) is 11.4. The number of aryl methyl sites for hydroxylation is 1. The summed E-state index contributed by atoms with van der Waals surface area (Å²) >= 11 is 0.